The number of nitrogens with zero attached hydrogens (tertiary/aromatic N) is 1. The molecule has 0 amide bonds. The number of fused-ring (bicyclic) bond motifs is 1. The molecule has 0 spiro atoms. The van der Waals surface area contributed by atoms with Gasteiger partial charge in [0.05, 0.1) is 23.9 Å². The molecule has 11 heteroatoms. The van der Waals surface area contributed by atoms with Gasteiger partial charge in [-0.3, -0.25) is 4.52 Å². The molecule has 0 saturated carbocycles. The highest BCUT2D eigenvalue weighted by atomic mass is 32.1. The van der Waals surface area contributed by atoms with Crippen LogP contribution in [0.2, 0.25) is 0 Å². The van der Waals surface area contributed by atoms with Gasteiger partial charge in [0.2, 0.25) is 0 Å². The molecule has 1 fully saturated rings. The van der Waals surface area contributed by atoms with Gasteiger partial charge in [-0.25, -0.2) is 9.55 Å². The summed E-state index contributed by atoms with van der Waals surface area (Å²) in [5.41, 5.74) is 0.691. The second-order valence-corrected chi connectivity index (χ2v) is 7.55. The van der Waals surface area contributed by atoms with Crippen molar-refractivity contribution in [3.05, 3.63) is 23.2 Å². The lowest BCUT2D eigenvalue weighted by atomic mass is 10.1. The molecule has 1 aromatic heterocycles. The van der Waals surface area contributed by atoms with Crippen molar-refractivity contribution in [3.63, 3.8) is 0 Å². The minimum atomic E-state index is -4.69. The van der Waals surface area contributed by atoms with Crippen molar-refractivity contribution in [1.82, 2.24) is 4.98 Å². The number of aromatic nitrogens is 1. The van der Waals surface area contributed by atoms with Crippen LogP contribution >= 0.6 is 19.2 Å². The van der Waals surface area contributed by atoms with E-state index in [1.165, 1.54) is 11.3 Å². The van der Waals surface area contributed by atoms with Crippen LogP contribution in [0.4, 0.5) is 0 Å². The zero-order valence-corrected chi connectivity index (χ0v) is 14.2. The Morgan fingerprint density at radius 3 is 2.75 bits per heavy atom. The molecule has 3 rings (SSSR count). The van der Waals surface area contributed by atoms with Gasteiger partial charge < -0.3 is 29.5 Å². The van der Waals surface area contributed by atoms with Crippen molar-refractivity contribution in [2.45, 2.75) is 24.4 Å². The number of methoxy groups -OCH3 is 1. The van der Waals surface area contributed by atoms with Crippen LogP contribution < -0.4 is 4.74 Å². The summed E-state index contributed by atoms with van der Waals surface area (Å²) >= 11 is 1.27. The molecule has 1 aliphatic heterocycles. The number of rotatable bonds is 5. The summed E-state index contributed by atoms with van der Waals surface area (Å²) in [7, 11) is -3.14. The number of ether oxygens (including phenoxy) is 2. The molecular weight excluding hydrogens is 361 g/mol. The van der Waals surface area contributed by atoms with Crippen LogP contribution in [0.5, 0.6) is 5.75 Å². The van der Waals surface area contributed by atoms with Crippen molar-refractivity contribution in [1.29, 1.82) is 0 Å². The Bertz CT molecular complexity index is 776. The van der Waals surface area contributed by atoms with E-state index >= 15 is 0 Å². The van der Waals surface area contributed by atoms with E-state index in [0.29, 0.717) is 16.3 Å². The van der Waals surface area contributed by atoms with Gasteiger partial charge in [-0.2, -0.15) is 0 Å². The summed E-state index contributed by atoms with van der Waals surface area (Å²) in [5.74, 6) is 0.665. The summed E-state index contributed by atoms with van der Waals surface area (Å²) in [4.78, 5) is 21.8. The Balaban J connectivity index is 1.80. The number of phosphoric ester groups is 1. The molecule has 1 aromatic carbocycles. The Hall–Kier alpha value is -1.10. The third-order valence-electron chi connectivity index (χ3n) is 3.62. The van der Waals surface area contributed by atoms with E-state index in [9.17, 15) is 14.8 Å². The second-order valence-electron chi connectivity index (χ2n) is 5.25. The fourth-order valence-electron chi connectivity index (χ4n) is 2.43. The molecule has 132 valence electrons. The maximum absolute atomic E-state index is 10.8. The number of benzene rings is 1. The standard InChI is InChI=1S/C13H16NO8PS/c1-20-6-2-3-7-9(4-6)24-13(14-7)12-11(16)10(15)8(22-12)5-21-23(17,18)19/h2-4,8,10-12,15-16H,5H2,1H3,(H2,17,18,19)/t8-,10+,11-,12-/m1/s1. The normalized spacial score (nSPS) is 27.7. The predicted molar refractivity (Wildman–Crippen MR) is 83.8 cm³/mol. The first-order chi connectivity index (χ1) is 11.3. The number of hydrogen-bond donors (Lipinski definition) is 4. The fourth-order valence-corrected chi connectivity index (χ4v) is 3.85. The lowest BCUT2D eigenvalue weighted by molar-refractivity contribution is -0.0223. The van der Waals surface area contributed by atoms with E-state index in [-0.39, 0.29) is 0 Å². The van der Waals surface area contributed by atoms with E-state index in [2.05, 4.69) is 9.51 Å². The second kappa shape index (κ2) is 6.66. The minimum Gasteiger partial charge on any atom is -0.497 e. The Morgan fingerprint density at radius 2 is 2.08 bits per heavy atom. The maximum atomic E-state index is 10.8. The third-order valence-corrected chi connectivity index (χ3v) is 5.19. The van der Waals surface area contributed by atoms with E-state index < -0.39 is 38.8 Å². The Morgan fingerprint density at radius 1 is 1.33 bits per heavy atom. The summed E-state index contributed by atoms with van der Waals surface area (Å²) < 4.78 is 26.6. The van der Waals surface area contributed by atoms with Gasteiger partial charge in [0.25, 0.3) is 0 Å². The summed E-state index contributed by atoms with van der Waals surface area (Å²) in [5, 5.41) is 20.6. The van der Waals surface area contributed by atoms with Gasteiger partial charge in [-0.05, 0) is 18.2 Å². The molecule has 4 N–H and O–H groups in total. The number of aliphatic hydroxyl groups is 2. The quantitative estimate of drug-likeness (QED) is 0.551. The molecule has 1 saturated heterocycles. The van der Waals surface area contributed by atoms with E-state index in [0.717, 1.165) is 4.70 Å². The van der Waals surface area contributed by atoms with Crippen molar-refractivity contribution < 1.29 is 38.6 Å². The Kier molecular flexibility index (Phi) is 4.92. The average molecular weight is 377 g/mol. The fraction of sp³-hybridized carbons (Fsp3) is 0.462. The molecule has 0 radical (unpaired) electrons. The highest BCUT2D eigenvalue weighted by molar-refractivity contribution is 7.46. The van der Waals surface area contributed by atoms with Crippen LogP contribution in [0.1, 0.15) is 11.1 Å². The molecular formula is C13H16NO8PS. The van der Waals surface area contributed by atoms with Crippen molar-refractivity contribution in [2.24, 2.45) is 0 Å². The van der Waals surface area contributed by atoms with Gasteiger partial charge in [0.1, 0.15) is 35.2 Å². The van der Waals surface area contributed by atoms with Crippen molar-refractivity contribution >= 4 is 29.4 Å². The highest BCUT2D eigenvalue weighted by Gasteiger charge is 2.45. The lowest BCUT2D eigenvalue weighted by Crippen LogP contribution is -2.33. The first-order valence-corrected chi connectivity index (χ1v) is 9.29. The predicted octanol–water partition coefficient (Wildman–Crippen LogP) is 0.576. The van der Waals surface area contributed by atoms with Crippen LogP contribution in [-0.4, -0.2) is 57.0 Å². The molecule has 9 nitrogen and oxygen atoms in total. The van der Waals surface area contributed by atoms with E-state index in [4.69, 9.17) is 19.3 Å². The largest absolute Gasteiger partial charge is 0.497 e. The summed E-state index contributed by atoms with van der Waals surface area (Å²) in [6.07, 6.45) is -4.60. The first-order valence-electron chi connectivity index (χ1n) is 6.94. The van der Waals surface area contributed by atoms with Crippen LogP contribution in [0.3, 0.4) is 0 Å². The van der Waals surface area contributed by atoms with Crippen LogP contribution in [0.25, 0.3) is 10.2 Å². The zero-order chi connectivity index (χ0) is 17.5. The van der Waals surface area contributed by atoms with Gasteiger partial charge in [-0.1, -0.05) is 0 Å². The van der Waals surface area contributed by atoms with Gasteiger partial charge >= 0.3 is 7.82 Å². The maximum Gasteiger partial charge on any atom is 0.469 e. The SMILES string of the molecule is COc1ccc2nc([C@@H]3O[C@H](COP(=O)(O)O)[C@H](O)[C@H]3O)sc2c1. The smallest absolute Gasteiger partial charge is 0.469 e. The topological polar surface area (TPSA) is 139 Å². The molecule has 2 aromatic rings. The highest BCUT2D eigenvalue weighted by Crippen LogP contribution is 2.41. The lowest BCUT2D eigenvalue weighted by Gasteiger charge is -2.14. The van der Waals surface area contributed by atoms with Gasteiger partial charge in [0, 0.05) is 0 Å². The molecule has 0 bridgehead atoms. The van der Waals surface area contributed by atoms with Crippen molar-refractivity contribution in [2.75, 3.05) is 13.7 Å². The number of hydrogen-bond acceptors (Lipinski definition) is 8. The number of phosphoric acid groups is 1. The van der Waals surface area contributed by atoms with Gasteiger partial charge in [-0.15, -0.1) is 11.3 Å². The minimum absolute atomic E-state index is 0.448. The molecule has 0 aliphatic carbocycles. The van der Waals surface area contributed by atoms with E-state index in [1.807, 2.05) is 0 Å². The molecule has 1 aliphatic rings. The summed E-state index contributed by atoms with van der Waals surface area (Å²) in [6, 6.07) is 5.31. The molecule has 4 atom stereocenters. The van der Waals surface area contributed by atoms with Crippen LogP contribution in [0.15, 0.2) is 18.2 Å². The molecule has 24 heavy (non-hydrogen) atoms. The summed E-state index contributed by atoms with van der Waals surface area (Å²) in [6.45, 7) is -0.544. The van der Waals surface area contributed by atoms with Gasteiger partial charge in [0.15, 0.2) is 0 Å². The first kappa shape index (κ1) is 17.7. The van der Waals surface area contributed by atoms with Crippen molar-refractivity contribution in [3.8, 4) is 5.75 Å². The van der Waals surface area contributed by atoms with E-state index in [1.54, 1.807) is 25.3 Å². The van der Waals surface area contributed by atoms with Crippen LogP contribution in [0, 0.1) is 0 Å². The monoisotopic (exact) mass is 377 g/mol. The Labute approximate surface area is 140 Å². The third kappa shape index (κ3) is 3.61. The molecule has 0 unspecified atom stereocenters. The number of thiazole rings is 1. The number of aliphatic hydroxyl groups excluding tert-OH is 2. The zero-order valence-electron chi connectivity index (χ0n) is 12.5. The van der Waals surface area contributed by atoms with Crippen LogP contribution in [-0.2, 0) is 13.8 Å². The molecule has 2 heterocycles. The average Bonchev–Trinajstić information content (AvgIpc) is 3.06.